The molecule has 118 valence electrons. The average molecular weight is 319 g/mol. The van der Waals surface area contributed by atoms with E-state index in [-0.39, 0.29) is 0 Å². The highest BCUT2D eigenvalue weighted by Gasteiger charge is 2.27. The minimum absolute atomic E-state index is 0.302. The molecule has 6 heteroatoms. The highest BCUT2D eigenvalue weighted by Crippen LogP contribution is 2.30. The topological polar surface area (TPSA) is 55.2 Å². The van der Waals surface area contributed by atoms with Crippen molar-refractivity contribution >= 4 is 10.0 Å². The zero-order valence-electron chi connectivity index (χ0n) is 12.9. The van der Waals surface area contributed by atoms with Gasteiger partial charge in [0.05, 0.1) is 6.26 Å². The van der Waals surface area contributed by atoms with Crippen molar-refractivity contribution in [2.24, 2.45) is 0 Å². The van der Waals surface area contributed by atoms with Gasteiger partial charge in [0.15, 0.2) is 0 Å². The summed E-state index contributed by atoms with van der Waals surface area (Å²) in [5.74, 6) is 0.968. The molecular formula is C16H21N3O2S. The molecule has 5 nitrogen and oxygen atoms in total. The minimum atomic E-state index is -3.08. The van der Waals surface area contributed by atoms with E-state index in [4.69, 9.17) is 0 Å². The number of hydrogen-bond acceptors (Lipinski definition) is 3. The number of nitrogens with zero attached hydrogens (tertiary/aromatic N) is 3. The van der Waals surface area contributed by atoms with Gasteiger partial charge >= 0.3 is 0 Å². The third-order valence-corrected chi connectivity index (χ3v) is 5.57. The van der Waals surface area contributed by atoms with Gasteiger partial charge in [0.2, 0.25) is 10.0 Å². The number of imidazole rings is 1. The number of piperidine rings is 1. The van der Waals surface area contributed by atoms with Crippen molar-refractivity contribution in [3.8, 4) is 11.4 Å². The average Bonchev–Trinajstić information content (AvgIpc) is 2.89. The maximum absolute atomic E-state index is 11.6. The standard InChI is InChI=1S/C16H21N3O2S/c1-13-12-17-16(14-6-4-3-5-7-14)19(13)15-8-10-18(11-9-15)22(2,20)21/h3-7,12,15H,8-11H2,1-2H3. The quantitative estimate of drug-likeness (QED) is 0.873. The van der Waals surface area contributed by atoms with Crippen LogP contribution in [-0.2, 0) is 10.0 Å². The molecule has 2 aromatic rings. The summed E-state index contributed by atoms with van der Waals surface area (Å²) in [7, 11) is -3.08. The lowest BCUT2D eigenvalue weighted by Crippen LogP contribution is -2.38. The molecule has 2 heterocycles. The predicted molar refractivity (Wildman–Crippen MR) is 87.1 cm³/mol. The van der Waals surface area contributed by atoms with Crippen LogP contribution in [0.4, 0.5) is 0 Å². The van der Waals surface area contributed by atoms with E-state index in [0.29, 0.717) is 19.1 Å². The second-order valence-electron chi connectivity index (χ2n) is 5.85. The summed E-state index contributed by atoms with van der Waals surface area (Å²) in [6.45, 7) is 3.22. The van der Waals surface area contributed by atoms with Crippen molar-refractivity contribution in [1.29, 1.82) is 0 Å². The fourth-order valence-electron chi connectivity index (χ4n) is 3.14. The monoisotopic (exact) mass is 319 g/mol. The molecule has 0 bridgehead atoms. The molecular weight excluding hydrogens is 298 g/mol. The highest BCUT2D eigenvalue weighted by atomic mass is 32.2. The maximum Gasteiger partial charge on any atom is 0.211 e. The SMILES string of the molecule is Cc1cnc(-c2ccccc2)n1C1CCN(S(C)(=O)=O)CC1. The van der Waals surface area contributed by atoms with E-state index in [0.717, 1.165) is 29.9 Å². The molecule has 1 fully saturated rings. The lowest BCUT2D eigenvalue weighted by molar-refractivity contribution is 0.274. The molecule has 0 aliphatic carbocycles. The molecule has 22 heavy (non-hydrogen) atoms. The van der Waals surface area contributed by atoms with Crippen LogP contribution in [0.5, 0.6) is 0 Å². The summed E-state index contributed by atoms with van der Waals surface area (Å²) in [5, 5.41) is 0. The highest BCUT2D eigenvalue weighted by molar-refractivity contribution is 7.88. The fraction of sp³-hybridized carbons (Fsp3) is 0.438. The Kier molecular flexibility index (Phi) is 4.06. The van der Waals surface area contributed by atoms with Gasteiger partial charge in [-0.05, 0) is 19.8 Å². The smallest absolute Gasteiger partial charge is 0.211 e. The van der Waals surface area contributed by atoms with Gasteiger partial charge in [-0.1, -0.05) is 30.3 Å². The van der Waals surface area contributed by atoms with Crippen molar-refractivity contribution in [3.05, 3.63) is 42.2 Å². The molecule has 3 rings (SSSR count). The van der Waals surface area contributed by atoms with E-state index in [2.05, 4.69) is 28.6 Å². The van der Waals surface area contributed by atoms with Crippen LogP contribution in [0, 0.1) is 6.92 Å². The normalized spacial score (nSPS) is 17.7. The van der Waals surface area contributed by atoms with Crippen LogP contribution in [0.25, 0.3) is 11.4 Å². The van der Waals surface area contributed by atoms with E-state index in [1.54, 1.807) is 4.31 Å². The van der Waals surface area contributed by atoms with Crippen molar-refractivity contribution in [2.75, 3.05) is 19.3 Å². The number of aryl methyl sites for hydroxylation is 1. The van der Waals surface area contributed by atoms with Crippen LogP contribution < -0.4 is 0 Å². The van der Waals surface area contributed by atoms with Gasteiger partial charge < -0.3 is 4.57 Å². The number of sulfonamides is 1. The zero-order valence-corrected chi connectivity index (χ0v) is 13.8. The summed E-state index contributed by atoms with van der Waals surface area (Å²) in [5.41, 5.74) is 2.22. The molecule has 0 atom stereocenters. The van der Waals surface area contributed by atoms with E-state index in [1.165, 1.54) is 6.26 Å². The Labute approximate surface area is 131 Å². The number of hydrogen-bond donors (Lipinski definition) is 0. The first-order chi connectivity index (χ1) is 10.5. The summed E-state index contributed by atoms with van der Waals surface area (Å²) < 4.78 is 27.1. The summed E-state index contributed by atoms with van der Waals surface area (Å²) >= 11 is 0. The zero-order chi connectivity index (χ0) is 15.7. The Morgan fingerprint density at radius 1 is 1.14 bits per heavy atom. The number of rotatable bonds is 3. The Morgan fingerprint density at radius 2 is 1.77 bits per heavy atom. The first kappa shape index (κ1) is 15.2. The Hall–Kier alpha value is -1.66. The molecule has 1 aromatic heterocycles. The van der Waals surface area contributed by atoms with E-state index in [9.17, 15) is 8.42 Å². The molecule has 1 saturated heterocycles. The van der Waals surface area contributed by atoms with E-state index >= 15 is 0 Å². The van der Waals surface area contributed by atoms with Crippen molar-refractivity contribution < 1.29 is 8.42 Å². The second kappa shape index (κ2) is 5.85. The van der Waals surface area contributed by atoms with E-state index < -0.39 is 10.0 Å². The molecule has 0 N–H and O–H groups in total. The minimum Gasteiger partial charge on any atom is -0.325 e. The fourth-order valence-corrected chi connectivity index (χ4v) is 4.01. The van der Waals surface area contributed by atoms with Gasteiger partial charge in [0.25, 0.3) is 0 Å². The molecule has 0 spiro atoms. The van der Waals surface area contributed by atoms with Gasteiger partial charge in [-0.25, -0.2) is 17.7 Å². The van der Waals surface area contributed by atoms with Crippen LogP contribution in [0.2, 0.25) is 0 Å². The Balaban J connectivity index is 1.87. The first-order valence-electron chi connectivity index (χ1n) is 7.51. The van der Waals surface area contributed by atoms with Crippen molar-refractivity contribution in [1.82, 2.24) is 13.9 Å². The van der Waals surface area contributed by atoms with Gasteiger partial charge in [0.1, 0.15) is 5.82 Å². The van der Waals surface area contributed by atoms with Crippen molar-refractivity contribution in [3.63, 3.8) is 0 Å². The third kappa shape index (κ3) is 2.94. The molecule has 1 aromatic carbocycles. The first-order valence-corrected chi connectivity index (χ1v) is 9.36. The maximum atomic E-state index is 11.6. The molecule has 0 radical (unpaired) electrons. The van der Waals surface area contributed by atoms with Crippen LogP contribution in [0.3, 0.4) is 0 Å². The lowest BCUT2D eigenvalue weighted by atomic mass is 10.1. The third-order valence-electron chi connectivity index (χ3n) is 4.27. The summed E-state index contributed by atoms with van der Waals surface area (Å²) in [4.78, 5) is 4.56. The second-order valence-corrected chi connectivity index (χ2v) is 7.83. The Morgan fingerprint density at radius 3 is 2.36 bits per heavy atom. The van der Waals surface area contributed by atoms with Gasteiger partial charge in [-0.2, -0.15) is 0 Å². The molecule has 1 aliphatic heterocycles. The Bertz CT molecular complexity index is 745. The van der Waals surface area contributed by atoms with Gasteiger partial charge in [-0.15, -0.1) is 0 Å². The van der Waals surface area contributed by atoms with Crippen LogP contribution in [-0.4, -0.2) is 41.6 Å². The van der Waals surface area contributed by atoms with Gasteiger partial charge in [-0.3, -0.25) is 0 Å². The van der Waals surface area contributed by atoms with Crippen LogP contribution in [0.1, 0.15) is 24.6 Å². The van der Waals surface area contributed by atoms with E-state index in [1.807, 2.05) is 24.4 Å². The number of aromatic nitrogens is 2. The van der Waals surface area contributed by atoms with Crippen molar-refractivity contribution in [2.45, 2.75) is 25.8 Å². The molecule has 1 aliphatic rings. The molecule has 0 amide bonds. The van der Waals surface area contributed by atoms with Crippen LogP contribution in [0.15, 0.2) is 36.5 Å². The van der Waals surface area contributed by atoms with Gasteiger partial charge in [0, 0.05) is 36.6 Å². The molecule has 0 unspecified atom stereocenters. The summed E-state index contributed by atoms with van der Waals surface area (Å²) in [6, 6.07) is 10.4. The van der Waals surface area contributed by atoms with Crippen LogP contribution >= 0.6 is 0 Å². The largest absolute Gasteiger partial charge is 0.325 e. The number of benzene rings is 1. The molecule has 0 saturated carbocycles. The predicted octanol–water partition coefficient (Wildman–Crippen LogP) is 2.46. The lowest BCUT2D eigenvalue weighted by Gasteiger charge is -2.32. The summed E-state index contributed by atoms with van der Waals surface area (Å²) in [6.07, 6.45) is 4.82.